The molecule has 2 amide bonds. The third-order valence-corrected chi connectivity index (χ3v) is 8.85. The summed E-state index contributed by atoms with van der Waals surface area (Å²) in [6, 6.07) is 18.7. The van der Waals surface area contributed by atoms with Gasteiger partial charge in [0.25, 0.3) is 10.0 Å². The minimum absolute atomic E-state index is 0.0126. The molecule has 0 heterocycles. The first-order valence-corrected chi connectivity index (χ1v) is 14.8. The molecule has 0 aliphatic carbocycles. The molecule has 2 atom stereocenters. The molecule has 0 bridgehead atoms. The molecule has 0 saturated carbocycles. The van der Waals surface area contributed by atoms with Gasteiger partial charge in [-0.25, -0.2) is 8.42 Å². The lowest BCUT2D eigenvalue weighted by Gasteiger charge is -2.32. The highest BCUT2D eigenvalue weighted by molar-refractivity contribution is 7.92. The zero-order valence-electron chi connectivity index (χ0n) is 22.4. The number of carbonyl (C=O) groups excluding carboxylic acids is 2. The lowest BCUT2D eigenvalue weighted by Crippen LogP contribution is -2.52. The van der Waals surface area contributed by atoms with Crippen LogP contribution in [0.5, 0.6) is 0 Å². The van der Waals surface area contributed by atoms with Gasteiger partial charge >= 0.3 is 0 Å². The van der Waals surface area contributed by atoms with Crippen molar-refractivity contribution in [1.29, 1.82) is 0 Å². The second-order valence-corrected chi connectivity index (χ2v) is 12.1. The van der Waals surface area contributed by atoms with Crippen molar-refractivity contribution in [3.63, 3.8) is 0 Å². The number of hydrogen-bond acceptors (Lipinski definition) is 4. The Labute approximate surface area is 240 Å². The molecule has 208 valence electrons. The fourth-order valence-corrected chi connectivity index (χ4v) is 5.63. The Morgan fingerprint density at radius 1 is 0.949 bits per heavy atom. The highest BCUT2D eigenvalue weighted by Crippen LogP contribution is 2.27. The average molecular weight is 591 g/mol. The molecule has 0 aromatic heterocycles. The largest absolute Gasteiger partial charge is 0.352 e. The van der Waals surface area contributed by atoms with Crippen molar-refractivity contribution in [3.8, 4) is 0 Å². The number of aryl methyl sites for hydroxylation is 1. The van der Waals surface area contributed by atoms with Crippen LogP contribution in [0, 0.1) is 6.92 Å². The number of amides is 2. The molecule has 0 aliphatic rings. The number of nitrogens with one attached hydrogen (secondary N) is 1. The molecule has 3 aromatic rings. The van der Waals surface area contributed by atoms with Gasteiger partial charge in [-0.3, -0.25) is 13.9 Å². The van der Waals surface area contributed by atoms with E-state index in [1.54, 1.807) is 49.4 Å². The van der Waals surface area contributed by atoms with Crippen LogP contribution in [0.25, 0.3) is 0 Å². The van der Waals surface area contributed by atoms with E-state index in [9.17, 15) is 18.0 Å². The Morgan fingerprint density at radius 3 is 2.23 bits per heavy atom. The molecule has 7 nitrogen and oxygen atoms in total. The Balaban J connectivity index is 2.04. The molecule has 0 fully saturated rings. The number of carbonyl (C=O) groups is 2. The van der Waals surface area contributed by atoms with E-state index in [1.165, 1.54) is 29.2 Å². The van der Waals surface area contributed by atoms with Crippen LogP contribution in [0.1, 0.15) is 38.3 Å². The summed E-state index contributed by atoms with van der Waals surface area (Å²) in [4.78, 5) is 28.4. The van der Waals surface area contributed by atoms with Gasteiger partial charge in [0.2, 0.25) is 11.8 Å². The number of anilines is 1. The van der Waals surface area contributed by atoms with Crippen molar-refractivity contribution in [2.75, 3.05) is 10.8 Å². The first-order valence-electron chi connectivity index (χ1n) is 12.6. The Morgan fingerprint density at radius 2 is 1.62 bits per heavy atom. The van der Waals surface area contributed by atoms with E-state index in [0.717, 1.165) is 16.3 Å². The summed E-state index contributed by atoms with van der Waals surface area (Å²) in [5, 5.41) is 3.74. The van der Waals surface area contributed by atoms with Crippen molar-refractivity contribution in [2.24, 2.45) is 0 Å². The maximum absolute atomic E-state index is 13.9. The van der Waals surface area contributed by atoms with Gasteiger partial charge in [0.05, 0.1) is 10.6 Å². The van der Waals surface area contributed by atoms with Crippen molar-refractivity contribution >= 4 is 50.7 Å². The van der Waals surface area contributed by atoms with Gasteiger partial charge in [0, 0.05) is 22.6 Å². The summed E-state index contributed by atoms with van der Waals surface area (Å²) in [5.41, 5.74) is 1.79. The molecule has 39 heavy (non-hydrogen) atoms. The highest BCUT2D eigenvalue weighted by Gasteiger charge is 2.33. The summed E-state index contributed by atoms with van der Waals surface area (Å²) in [6.45, 7) is 6.78. The van der Waals surface area contributed by atoms with Gasteiger partial charge in [0.15, 0.2) is 0 Å². The fourth-order valence-electron chi connectivity index (χ4n) is 3.90. The molecule has 10 heteroatoms. The van der Waals surface area contributed by atoms with Gasteiger partial charge in [-0.15, -0.1) is 0 Å². The summed E-state index contributed by atoms with van der Waals surface area (Å²) < 4.78 is 28.7. The van der Waals surface area contributed by atoms with Crippen LogP contribution >= 0.6 is 23.2 Å². The lowest BCUT2D eigenvalue weighted by molar-refractivity contribution is -0.139. The monoisotopic (exact) mass is 589 g/mol. The third-order valence-electron chi connectivity index (χ3n) is 6.44. The normalized spacial score (nSPS) is 12.9. The minimum Gasteiger partial charge on any atom is -0.352 e. The first kappa shape index (κ1) is 30.5. The summed E-state index contributed by atoms with van der Waals surface area (Å²) >= 11 is 12.4. The minimum atomic E-state index is -4.17. The topological polar surface area (TPSA) is 86.8 Å². The zero-order valence-corrected chi connectivity index (χ0v) is 24.7. The van der Waals surface area contributed by atoms with Crippen molar-refractivity contribution in [1.82, 2.24) is 10.2 Å². The molecular formula is C29H33Cl2N3O4S. The number of halogens is 2. The van der Waals surface area contributed by atoms with E-state index in [1.807, 2.05) is 26.8 Å². The van der Waals surface area contributed by atoms with Crippen molar-refractivity contribution in [3.05, 3.63) is 94.0 Å². The van der Waals surface area contributed by atoms with Gasteiger partial charge in [0.1, 0.15) is 12.6 Å². The fraction of sp³-hybridized carbons (Fsp3) is 0.310. The summed E-state index contributed by atoms with van der Waals surface area (Å²) in [6.07, 6.45) is 0.720. The van der Waals surface area contributed by atoms with E-state index in [4.69, 9.17) is 23.2 Å². The second-order valence-electron chi connectivity index (χ2n) is 9.41. The predicted octanol–water partition coefficient (Wildman–Crippen LogP) is 5.83. The number of rotatable bonds is 11. The molecule has 0 aliphatic heterocycles. The second kappa shape index (κ2) is 13.3. The maximum atomic E-state index is 13.9. The van der Waals surface area contributed by atoms with Gasteiger partial charge in [-0.05, 0) is 80.8 Å². The van der Waals surface area contributed by atoms with E-state index >= 15 is 0 Å². The number of nitrogens with zero attached hydrogens (tertiary/aromatic N) is 2. The summed E-state index contributed by atoms with van der Waals surface area (Å²) in [5.74, 6) is -0.895. The molecular weight excluding hydrogens is 557 g/mol. The zero-order chi connectivity index (χ0) is 28.7. The standard InChI is InChI=1S/C29H33Cl2N3O4S/c1-5-21(3)32-29(36)22(4)33(18-23-10-6-7-12-27(23)31)28(35)19-34(25-11-8-9-20(2)17-25)39(37,38)26-15-13-24(30)14-16-26/h6-17,21-22H,5,18-19H2,1-4H3,(H,32,36)/t21-,22-/m0/s1. The van der Waals surface area contributed by atoms with Crippen LogP contribution in [0.3, 0.4) is 0 Å². The Hall–Kier alpha value is -3.07. The van der Waals surface area contributed by atoms with Crippen LogP contribution in [-0.2, 0) is 26.2 Å². The maximum Gasteiger partial charge on any atom is 0.264 e. The Bertz CT molecular complexity index is 1410. The summed E-state index contributed by atoms with van der Waals surface area (Å²) in [7, 11) is -4.17. The first-order chi connectivity index (χ1) is 18.4. The molecule has 0 saturated heterocycles. The quantitative estimate of drug-likeness (QED) is 0.305. The molecule has 1 N–H and O–H groups in total. The van der Waals surface area contributed by atoms with Crippen LogP contribution in [0.4, 0.5) is 5.69 Å². The van der Waals surface area contributed by atoms with Crippen LogP contribution in [0.2, 0.25) is 10.0 Å². The van der Waals surface area contributed by atoms with E-state index < -0.39 is 28.5 Å². The van der Waals surface area contributed by atoms with E-state index in [2.05, 4.69) is 5.32 Å². The van der Waals surface area contributed by atoms with Gasteiger partial charge in [-0.2, -0.15) is 0 Å². The number of hydrogen-bond donors (Lipinski definition) is 1. The molecule has 0 spiro atoms. The van der Waals surface area contributed by atoms with E-state index in [0.29, 0.717) is 21.3 Å². The smallest absolute Gasteiger partial charge is 0.264 e. The van der Waals surface area contributed by atoms with E-state index in [-0.39, 0.29) is 23.4 Å². The van der Waals surface area contributed by atoms with Crippen LogP contribution in [-0.4, -0.2) is 43.8 Å². The molecule has 0 unspecified atom stereocenters. The Kier molecular flexibility index (Phi) is 10.4. The lowest BCUT2D eigenvalue weighted by atomic mass is 10.1. The molecule has 3 rings (SSSR count). The third kappa shape index (κ3) is 7.75. The van der Waals surface area contributed by atoms with Gasteiger partial charge < -0.3 is 10.2 Å². The molecule has 0 radical (unpaired) electrons. The predicted molar refractivity (Wildman–Crippen MR) is 157 cm³/mol. The average Bonchev–Trinajstić information content (AvgIpc) is 2.90. The van der Waals surface area contributed by atoms with Crippen molar-refractivity contribution < 1.29 is 18.0 Å². The van der Waals surface area contributed by atoms with Gasteiger partial charge in [-0.1, -0.05) is 60.5 Å². The number of sulfonamides is 1. The van der Waals surface area contributed by atoms with Crippen LogP contribution in [0.15, 0.2) is 77.7 Å². The molecule has 3 aromatic carbocycles. The number of benzene rings is 3. The SMILES string of the molecule is CC[C@H](C)NC(=O)[C@H](C)N(Cc1ccccc1Cl)C(=O)CN(c1cccc(C)c1)S(=O)(=O)c1ccc(Cl)cc1. The van der Waals surface area contributed by atoms with Crippen molar-refractivity contribution in [2.45, 2.75) is 57.6 Å². The van der Waals surface area contributed by atoms with Crippen LogP contribution < -0.4 is 9.62 Å². The highest BCUT2D eigenvalue weighted by atomic mass is 35.5.